The molecular weight excluding hydrogens is 472 g/mol. The van der Waals surface area contributed by atoms with Gasteiger partial charge in [-0.05, 0) is 24.3 Å². The van der Waals surface area contributed by atoms with Crippen molar-refractivity contribution in [3.05, 3.63) is 55.0 Å². The fraction of sp³-hybridized carbons (Fsp3) is 0. The van der Waals surface area contributed by atoms with Gasteiger partial charge in [-0.25, -0.2) is 19.2 Å². The number of hydrogen-bond acceptors (Lipinski definition) is 8. The zero-order valence-corrected chi connectivity index (χ0v) is 17.6. The predicted molar refractivity (Wildman–Crippen MR) is 111 cm³/mol. The van der Waals surface area contributed by atoms with Crippen LogP contribution in [0.25, 0.3) is 0 Å². The molecule has 0 unspecified atom stereocenters. The maximum atomic E-state index is 11.4. The van der Waals surface area contributed by atoms with E-state index in [0.29, 0.717) is 19.6 Å². The highest BCUT2D eigenvalue weighted by atomic mass is 32.2. The Morgan fingerprint density at radius 2 is 0.667 bits per heavy atom. The molecule has 0 fully saturated rings. The van der Waals surface area contributed by atoms with Gasteiger partial charge in [0.25, 0.3) is 0 Å². The summed E-state index contributed by atoms with van der Waals surface area (Å²) >= 11 is 5.16. The lowest BCUT2D eigenvalue weighted by Gasteiger charge is -2.04. The molecule has 2 aliphatic rings. The number of fused-ring (bicyclic) bond motifs is 2. The molecule has 152 valence electrons. The molecule has 0 amide bonds. The van der Waals surface area contributed by atoms with E-state index < -0.39 is 23.9 Å². The Kier molecular flexibility index (Phi) is 5.26. The van der Waals surface area contributed by atoms with E-state index in [1.165, 1.54) is 71.3 Å². The van der Waals surface area contributed by atoms with Crippen LogP contribution in [0.3, 0.4) is 0 Å². The first-order chi connectivity index (χ1) is 14.2. The summed E-state index contributed by atoms with van der Waals surface area (Å²) in [6.45, 7) is 0. The van der Waals surface area contributed by atoms with Gasteiger partial charge in [-0.3, -0.25) is 0 Å². The lowest BCUT2D eigenvalue weighted by Crippen LogP contribution is -2.08. The van der Waals surface area contributed by atoms with Gasteiger partial charge in [0, 0.05) is 19.6 Å². The topological polar surface area (TPSA) is 149 Å². The van der Waals surface area contributed by atoms with Crippen molar-refractivity contribution in [2.75, 3.05) is 0 Å². The zero-order valence-electron chi connectivity index (χ0n) is 14.4. The molecule has 4 rings (SSSR count). The van der Waals surface area contributed by atoms with E-state index in [1.807, 2.05) is 0 Å². The van der Waals surface area contributed by atoms with E-state index in [4.69, 9.17) is 0 Å². The summed E-state index contributed by atoms with van der Waals surface area (Å²) in [6, 6.07) is 5.31. The van der Waals surface area contributed by atoms with Crippen LogP contribution in [0.1, 0.15) is 41.4 Å². The first kappa shape index (κ1) is 20.7. The molecule has 12 heteroatoms. The molecule has 2 aliphatic heterocycles. The summed E-state index contributed by atoms with van der Waals surface area (Å²) in [4.78, 5) is 48.0. The molecule has 0 atom stereocenters. The van der Waals surface area contributed by atoms with Gasteiger partial charge in [-0.1, -0.05) is 47.0 Å². The van der Waals surface area contributed by atoms with Crippen LogP contribution in [0.4, 0.5) is 0 Å². The Bertz CT molecular complexity index is 1030. The summed E-state index contributed by atoms with van der Waals surface area (Å²) in [7, 11) is 0. The highest BCUT2D eigenvalue weighted by Gasteiger charge is 2.31. The number of carboxylic acids is 4. The number of hydrogen-bond donors (Lipinski definition) is 4. The quantitative estimate of drug-likeness (QED) is 0.480. The second-order valence-electron chi connectivity index (χ2n) is 5.89. The summed E-state index contributed by atoms with van der Waals surface area (Å²) in [5.74, 6) is -5.33. The molecule has 0 saturated carbocycles. The van der Waals surface area contributed by atoms with Gasteiger partial charge >= 0.3 is 23.9 Å². The molecule has 2 aromatic carbocycles. The SMILES string of the molecule is O=C(O)c1cc2c(cc1C(=O)O)SC(=C1Sc3cc(C(=O)O)c(C(=O)O)cc3S1)S2. The molecule has 0 spiro atoms. The van der Waals surface area contributed by atoms with Gasteiger partial charge in [-0.15, -0.1) is 0 Å². The number of carboxylic acid groups (broad SMARTS) is 4. The van der Waals surface area contributed by atoms with E-state index in [9.17, 15) is 39.6 Å². The largest absolute Gasteiger partial charge is 0.478 e. The smallest absolute Gasteiger partial charge is 0.336 e. The Morgan fingerprint density at radius 3 is 0.833 bits per heavy atom. The third-order valence-electron chi connectivity index (χ3n) is 4.07. The van der Waals surface area contributed by atoms with Crippen molar-refractivity contribution in [1.82, 2.24) is 0 Å². The molecule has 8 nitrogen and oxygen atoms in total. The van der Waals surface area contributed by atoms with Crippen LogP contribution in [-0.4, -0.2) is 44.3 Å². The highest BCUT2D eigenvalue weighted by Crippen LogP contribution is 2.61. The van der Waals surface area contributed by atoms with Crippen molar-refractivity contribution < 1.29 is 39.6 Å². The normalized spacial score (nSPS) is 14.4. The summed E-state index contributed by atoms with van der Waals surface area (Å²) < 4.78 is 1.56. The van der Waals surface area contributed by atoms with E-state index in [0.717, 1.165) is 8.47 Å². The van der Waals surface area contributed by atoms with E-state index >= 15 is 0 Å². The Balaban J connectivity index is 1.71. The summed E-state index contributed by atoms with van der Waals surface area (Å²) in [5, 5.41) is 37.2. The van der Waals surface area contributed by atoms with Crippen LogP contribution in [0.5, 0.6) is 0 Å². The maximum Gasteiger partial charge on any atom is 0.336 e. The second-order valence-corrected chi connectivity index (χ2v) is 10.6. The van der Waals surface area contributed by atoms with Gasteiger partial charge in [0.15, 0.2) is 0 Å². The minimum atomic E-state index is -1.33. The molecule has 2 heterocycles. The Hall–Kier alpha value is -2.54. The van der Waals surface area contributed by atoms with Gasteiger partial charge in [0.05, 0.1) is 30.7 Å². The average Bonchev–Trinajstić information content (AvgIpc) is 3.28. The van der Waals surface area contributed by atoms with E-state index in [1.54, 1.807) is 0 Å². The Labute approximate surface area is 184 Å². The fourth-order valence-corrected chi connectivity index (χ4v) is 8.14. The lowest BCUT2D eigenvalue weighted by atomic mass is 10.1. The third kappa shape index (κ3) is 3.55. The van der Waals surface area contributed by atoms with Crippen LogP contribution in [0.2, 0.25) is 0 Å². The standard InChI is InChI=1S/C18H8O8S4/c19-13(20)5-1-9-10(2-6(5)14(21)22)28-17(27-9)18-29-11-3-7(15(23)24)8(16(25)26)4-12(11)30-18/h1-4H,(H,19,20)(H,21,22)(H,23,24)(H,25,26). The van der Waals surface area contributed by atoms with Crippen molar-refractivity contribution in [2.24, 2.45) is 0 Å². The number of rotatable bonds is 4. The van der Waals surface area contributed by atoms with Gasteiger partial charge in [-0.2, -0.15) is 0 Å². The van der Waals surface area contributed by atoms with Crippen molar-refractivity contribution in [1.29, 1.82) is 0 Å². The molecule has 0 aromatic heterocycles. The maximum absolute atomic E-state index is 11.4. The van der Waals surface area contributed by atoms with Crippen LogP contribution in [-0.2, 0) is 0 Å². The number of thioether (sulfide) groups is 4. The predicted octanol–water partition coefficient (Wildman–Crippen LogP) is 4.70. The molecular formula is C18H8O8S4. The second kappa shape index (κ2) is 7.61. The first-order valence-corrected chi connectivity index (χ1v) is 11.2. The molecule has 30 heavy (non-hydrogen) atoms. The van der Waals surface area contributed by atoms with Crippen molar-refractivity contribution in [3.8, 4) is 0 Å². The highest BCUT2D eigenvalue weighted by molar-refractivity contribution is 8.30. The summed E-state index contributed by atoms with van der Waals surface area (Å²) in [6.07, 6.45) is 0. The van der Waals surface area contributed by atoms with Crippen molar-refractivity contribution in [2.45, 2.75) is 19.6 Å². The minimum Gasteiger partial charge on any atom is -0.478 e. The van der Waals surface area contributed by atoms with Gasteiger partial charge in [0.1, 0.15) is 0 Å². The third-order valence-corrected chi connectivity index (χ3v) is 9.63. The van der Waals surface area contributed by atoms with Crippen molar-refractivity contribution >= 4 is 70.9 Å². The van der Waals surface area contributed by atoms with E-state index in [-0.39, 0.29) is 22.3 Å². The van der Waals surface area contributed by atoms with Crippen LogP contribution >= 0.6 is 47.0 Å². The Morgan fingerprint density at radius 1 is 0.467 bits per heavy atom. The molecule has 4 N–H and O–H groups in total. The molecule has 0 aliphatic carbocycles. The molecule has 0 radical (unpaired) electrons. The minimum absolute atomic E-state index is 0.298. The molecule has 2 aromatic rings. The van der Waals surface area contributed by atoms with E-state index in [2.05, 4.69) is 0 Å². The van der Waals surface area contributed by atoms with Gasteiger partial charge in [0.2, 0.25) is 0 Å². The number of carbonyl (C=O) groups is 4. The number of benzene rings is 2. The van der Waals surface area contributed by atoms with Crippen molar-refractivity contribution in [3.63, 3.8) is 0 Å². The monoisotopic (exact) mass is 480 g/mol. The van der Waals surface area contributed by atoms with Crippen LogP contribution < -0.4 is 0 Å². The zero-order chi connectivity index (χ0) is 21.7. The van der Waals surface area contributed by atoms with Crippen LogP contribution in [0.15, 0.2) is 52.3 Å². The summed E-state index contributed by atoms with van der Waals surface area (Å²) in [5.41, 5.74) is -1.19. The average molecular weight is 481 g/mol. The molecule has 0 saturated heterocycles. The first-order valence-electron chi connectivity index (χ1n) is 7.90. The molecule has 0 bridgehead atoms. The van der Waals surface area contributed by atoms with Gasteiger partial charge < -0.3 is 20.4 Å². The number of aromatic carboxylic acids is 4. The lowest BCUT2D eigenvalue weighted by molar-refractivity contribution is 0.0651. The fourth-order valence-electron chi connectivity index (χ4n) is 2.75. The van der Waals surface area contributed by atoms with Crippen LogP contribution in [0, 0.1) is 0 Å².